The van der Waals surface area contributed by atoms with Gasteiger partial charge in [-0.2, -0.15) is 0 Å². The predicted octanol–water partition coefficient (Wildman–Crippen LogP) is 0.798. The van der Waals surface area contributed by atoms with E-state index in [0.29, 0.717) is 11.4 Å². The number of carboxylic acid groups (broad SMARTS) is 1. The molecule has 14 heavy (non-hydrogen) atoms. The maximum absolute atomic E-state index is 10.3. The molecule has 0 aliphatic rings. The molecule has 72 valence electrons. The van der Waals surface area contributed by atoms with E-state index in [0.717, 1.165) is 0 Å². The van der Waals surface area contributed by atoms with Gasteiger partial charge in [0.15, 0.2) is 18.0 Å². The number of carbonyl (C=O) groups is 1. The monoisotopic (exact) mass is 192 g/mol. The third-order valence-electron chi connectivity index (χ3n) is 1.73. The summed E-state index contributed by atoms with van der Waals surface area (Å²) in [6.45, 7) is -0.355. The Morgan fingerprint density at radius 2 is 2.43 bits per heavy atom. The van der Waals surface area contributed by atoms with Crippen molar-refractivity contribution in [3.63, 3.8) is 0 Å². The first kappa shape index (κ1) is 8.55. The number of imidazole rings is 1. The van der Waals surface area contributed by atoms with Crippen LogP contribution in [0.15, 0.2) is 30.7 Å². The molecule has 5 nitrogen and oxygen atoms in total. The van der Waals surface area contributed by atoms with Crippen LogP contribution in [0.3, 0.4) is 0 Å². The first-order valence-corrected chi connectivity index (χ1v) is 4.03. The number of fused-ring (bicyclic) bond motifs is 1. The average molecular weight is 192 g/mol. The van der Waals surface area contributed by atoms with Gasteiger partial charge in [0.2, 0.25) is 0 Å². The minimum Gasteiger partial charge on any atom is -0.479 e. The van der Waals surface area contributed by atoms with Gasteiger partial charge in [-0.3, -0.25) is 0 Å². The molecule has 2 heterocycles. The smallest absolute Gasteiger partial charge is 0.341 e. The number of carboxylic acids is 1. The number of rotatable bonds is 3. The van der Waals surface area contributed by atoms with E-state index in [-0.39, 0.29) is 6.61 Å². The summed E-state index contributed by atoms with van der Waals surface area (Å²) >= 11 is 0. The zero-order valence-corrected chi connectivity index (χ0v) is 7.25. The van der Waals surface area contributed by atoms with Crippen LogP contribution in [0.2, 0.25) is 0 Å². The molecule has 2 rings (SSSR count). The van der Waals surface area contributed by atoms with Crippen LogP contribution in [0.25, 0.3) is 5.65 Å². The van der Waals surface area contributed by atoms with Crippen molar-refractivity contribution in [1.82, 2.24) is 9.38 Å². The summed E-state index contributed by atoms with van der Waals surface area (Å²) < 4.78 is 6.82. The second kappa shape index (κ2) is 3.37. The minimum atomic E-state index is -1.00. The number of aliphatic carboxylic acids is 1. The molecule has 2 aromatic heterocycles. The van der Waals surface area contributed by atoms with Crippen molar-refractivity contribution in [3.8, 4) is 5.75 Å². The quantitative estimate of drug-likeness (QED) is 0.781. The predicted molar refractivity (Wildman–Crippen MR) is 48.3 cm³/mol. The number of nitrogens with zero attached hydrogens (tertiary/aromatic N) is 2. The Bertz CT molecular complexity index is 464. The lowest BCUT2D eigenvalue weighted by atomic mass is 10.4. The lowest BCUT2D eigenvalue weighted by Crippen LogP contribution is -2.09. The van der Waals surface area contributed by atoms with Crippen LogP contribution in [-0.2, 0) is 4.79 Å². The number of hydrogen-bond acceptors (Lipinski definition) is 3. The molecule has 0 unspecified atom stereocenters. The molecule has 0 bridgehead atoms. The molecular weight excluding hydrogens is 184 g/mol. The van der Waals surface area contributed by atoms with Gasteiger partial charge in [0.25, 0.3) is 0 Å². The SMILES string of the molecule is O=C(O)COc1cccn2ccnc12. The van der Waals surface area contributed by atoms with E-state index in [1.54, 1.807) is 28.9 Å². The molecule has 0 saturated heterocycles. The Hall–Kier alpha value is -2.04. The number of aromatic nitrogens is 2. The Labute approximate surface area is 79.6 Å². The Morgan fingerprint density at radius 1 is 1.57 bits per heavy atom. The van der Waals surface area contributed by atoms with Crippen molar-refractivity contribution >= 4 is 11.6 Å². The van der Waals surface area contributed by atoms with Crippen molar-refractivity contribution in [2.75, 3.05) is 6.61 Å². The fraction of sp³-hybridized carbons (Fsp3) is 0.111. The van der Waals surface area contributed by atoms with Crippen molar-refractivity contribution in [2.24, 2.45) is 0 Å². The highest BCUT2D eigenvalue weighted by molar-refractivity contribution is 5.69. The highest BCUT2D eigenvalue weighted by Gasteiger charge is 2.04. The number of ether oxygens (including phenoxy) is 1. The highest BCUT2D eigenvalue weighted by Crippen LogP contribution is 2.16. The van der Waals surface area contributed by atoms with E-state index in [4.69, 9.17) is 9.84 Å². The third-order valence-corrected chi connectivity index (χ3v) is 1.73. The number of hydrogen-bond donors (Lipinski definition) is 1. The van der Waals surface area contributed by atoms with Crippen molar-refractivity contribution in [2.45, 2.75) is 0 Å². The van der Waals surface area contributed by atoms with Gasteiger partial charge >= 0.3 is 5.97 Å². The summed E-state index contributed by atoms with van der Waals surface area (Å²) in [5, 5.41) is 8.45. The fourth-order valence-electron chi connectivity index (χ4n) is 1.17. The second-order valence-corrected chi connectivity index (χ2v) is 2.71. The largest absolute Gasteiger partial charge is 0.479 e. The van der Waals surface area contributed by atoms with Gasteiger partial charge < -0.3 is 14.2 Å². The minimum absolute atomic E-state index is 0.355. The maximum atomic E-state index is 10.3. The molecule has 5 heteroatoms. The molecule has 2 aromatic rings. The zero-order valence-electron chi connectivity index (χ0n) is 7.25. The molecule has 0 aromatic carbocycles. The average Bonchev–Trinajstić information content (AvgIpc) is 2.62. The molecule has 0 spiro atoms. The Balaban J connectivity index is 2.32. The summed E-state index contributed by atoms with van der Waals surface area (Å²) in [4.78, 5) is 14.3. The standard InChI is InChI=1S/C9H8N2O3/c12-8(13)6-14-7-2-1-4-11-5-3-10-9(7)11/h1-5H,6H2,(H,12,13). The first-order valence-electron chi connectivity index (χ1n) is 4.03. The lowest BCUT2D eigenvalue weighted by molar-refractivity contribution is -0.139. The van der Waals surface area contributed by atoms with E-state index in [1.807, 2.05) is 6.20 Å². The zero-order chi connectivity index (χ0) is 9.97. The topological polar surface area (TPSA) is 63.8 Å². The molecule has 0 amide bonds. The van der Waals surface area contributed by atoms with Gasteiger partial charge in [0.1, 0.15) is 0 Å². The fourth-order valence-corrected chi connectivity index (χ4v) is 1.17. The van der Waals surface area contributed by atoms with Crippen molar-refractivity contribution < 1.29 is 14.6 Å². The third kappa shape index (κ3) is 1.52. The molecule has 0 fully saturated rings. The Morgan fingerprint density at radius 3 is 3.21 bits per heavy atom. The second-order valence-electron chi connectivity index (χ2n) is 2.71. The van der Waals surface area contributed by atoms with Crippen LogP contribution < -0.4 is 4.74 Å². The number of pyridine rings is 1. The molecule has 0 radical (unpaired) electrons. The van der Waals surface area contributed by atoms with Crippen molar-refractivity contribution in [1.29, 1.82) is 0 Å². The van der Waals surface area contributed by atoms with Crippen LogP contribution in [0, 0.1) is 0 Å². The summed E-state index contributed by atoms with van der Waals surface area (Å²) in [5.41, 5.74) is 0.619. The van der Waals surface area contributed by atoms with E-state index in [9.17, 15) is 4.79 Å². The molecular formula is C9H8N2O3. The van der Waals surface area contributed by atoms with E-state index < -0.39 is 5.97 Å². The molecule has 0 aliphatic carbocycles. The van der Waals surface area contributed by atoms with Crippen LogP contribution in [0.4, 0.5) is 0 Å². The highest BCUT2D eigenvalue weighted by atomic mass is 16.5. The lowest BCUT2D eigenvalue weighted by Gasteiger charge is -2.03. The summed E-state index contributed by atoms with van der Waals surface area (Å²) in [6.07, 6.45) is 5.21. The summed E-state index contributed by atoms with van der Waals surface area (Å²) in [5.74, 6) is -0.529. The van der Waals surface area contributed by atoms with Crippen LogP contribution >= 0.6 is 0 Å². The first-order chi connectivity index (χ1) is 6.77. The van der Waals surface area contributed by atoms with Crippen molar-refractivity contribution in [3.05, 3.63) is 30.7 Å². The van der Waals surface area contributed by atoms with E-state index in [1.165, 1.54) is 0 Å². The summed E-state index contributed by atoms with van der Waals surface area (Å²) in [7, 11) is 0. The van der Waals surface area contributed by atoms with Crippen LogP contribution in [0.1, 0.15) is 0 Å². The normalized spacial score (nSPS) is 10.3. The van der Waals surface area contributed by atoms with Gasteiger partial charge in [-0.25, -0.2) is 9.78 Å². The Kier molecular flexibility index (Phi) is 2.06. The van der Waals surface area contributed by atoms with Gasteiger partial charge in [-0.15, -0.1) is 0 Å². The van der Waals surface area contributed by atoms with E-state index >= 15 is 0 Å². The summed E-state index contributed by atoms with van der Waals surface area (Å²) in [6, 6.07) is 3.46. The van der Waals surface area contributed by atoms with Gasteiger partial charge in [-0.1, -0.05) is 0 Å². The maximum Gasteiger partial charge on any atom is 0.341 e. The van der Waals surface area contributed by atoms with E-state index in [2.05, 4.69) is 4.98 Å². The molecule has 0 saturated carbocycles. The van der Waals surface area contributed by atoms with Gasteiger partial charge in [0, 0.05) is 18.6 Å². The molecule has 0 atom stereocenters. The van der Waals surface area contributed by atoms with Crippen LogP contribution in [-0.4, -0.2) is 27.1 Å². The molecule has 1 N–H and O–H groups in total. The van der Waals surface area contributed by atoms with Gasteiger partial charge in [0.05, 0.1) is 0 Å². The molecule has 0 aliphatic heterocycles. The van der Waals surface area contributed by atoms with Gasteiger partial charge in [-0.05, 0) is 12.1 Å². The van der Waals surface area contributed by atoms with Crippen LogP contribution in [0.5, 0.6) is 5.75 Å².